The molecule has 33 heavy (non-hydrogen) atoms. The molecule has 0 amide bonds. The molecule has 1 aliphatic rings. The number of rotatable bonds is 3. The van der Waals surface area contributed by atoms with E-state index >= 15 is 0 Å². The Hall–Kier alpha value is -3.58. The summed E-state index contributed by atoms with van der Waals surface area (Å²) in [5, 5.41) is 0.526. The first kappa shape index (κ1) is 21.3. The molecule has 0 N–H and O–H groups in total. The maximum atomic E-state index is 13.5. The summed E-state index contributed by atoms with van der Waals surface area (Å²) in [6.07, 6.45) is -0.443. The number of aryl methyl sites for hydroxylation is 1. The van der Waals surface area contributed by atoms with E-state index in [4.69, 9.17) is 9.47 Å². The van der Waals surface area contributed by atoms with Crippen molar-refractivity contribution in [3.63, 3.8) is 0 Å². The van der Waals surface area contributed by atoms with E-state index in [0.29, 0.717) is 17.5 Å². The fourth-order valence-electron chi connectivity index (χ4n) is 4.90. The molecule has 4 aromatic rings. The SMILES string of the molecule is COc1ccc([C@H]2OCC(C)(C)n3c(-c4ccccc4)c4c(=O)n(C)c(=O)n(C)c4c32)cc1. The van der Waals surface area contributed by atoms with Gasteiger partial charge in [-0.1, -0.05) is 42.5 Å². The molecule has 5 rings (SSSR count). The Morgan fingerprint density at radius 3 is 2.27 bits per heavy atom. The summed E-state index contributed by atoms with van der Waals surface area (Å²) in [5.41, 5.74) is 2.97. The summed E-state index contributed by atoms with van der Waals surface area (Å²) in [5.74, 6) is 0.751. The number of ether oxygens (including phenoxy) is 2. The van der Waals surface area contributed by atoms with Gasteiger partial charge in [-0.15, -0.1) is 0 Å². The summed E-state index contributed by atoms with van der Waals surface area (Å²) < 4.78 is 16.7. The molecule has 170 valence electrons. The van der Waals surface area contributed by atoms with Crippen LogP contribution in [0, 0.1) is 0 Å². The molecule has 2 aromatic heterocycles. The Bertz CT molecular complexity index is 1470. The highest BCUT2D eigenvalue weighted by Crippen LogP contribution is 2.45. The average molecular weight is 446 g/mol. The fraction of sp³-hybridized carbons (Fsp3) is 0.308. The van der Waals surface area contributed by atoms with Crippen LogP contribution < -0.4 is 16.0 Å². The van der Waals surface area contributed by atoms with Gasteiger partial charge in [0.25, 0.3) is 5.56 Å². The van der Waals surface area contributed by atoms with E-state index < -0.39 is 11.6 Å². The molecule has 0 radical (unpaired) electrons. The van der Waals surface area contributed by atoms with E-state index in [0.717, 1.165) is 28.3 Å². The van der Waals surface area contributed by atoms with Gasteiger partial charge < -0.3 is 14.0 Å². The van der Waals surface area contributed by atoms with Gasteiger partial charge in [-0.05, 0) is 37.1 Å². The summed E-state index contributed by atoms with van der Waals surface area (Å²) in [7, 11) is 4.87. The number of hydrogen-bond donors (Lipinski definition) is 0. The molecular formula is C26H27N3O4. The van der Waals surface area contributed by atoms with Crippen molar-refractivity contribution in [2.24, 2.45) is 14.1 Å². The highest BCUT2D eigenvalue weighted by Gasteiger charge is 2.40. The van der Waals surface area contributed by atoms with Crippen molar-refractivity contribution in [2.75, 3.05) is 13.7 Å². The van der Waals surface area contributed by atoms with Crippen molar-refractivity contribution in [2.45, 2.75) is 25.5 Å². The molecule has 0 aliphatic carbocycles. The highest BCUT2D eigenvalue weighted by atomic mass is 16.5. The molecule has 0 fully saturated rings. The monoisotopic (exact) mass is 445 g/mol. The average Bonchev–Trinajstić information content (AvgIpc) is 3.20. The van der Waals surface area contributed by atoms with Crippen LogP contribution in [0.4, 0.5) is 0 Å². The van der Waals surface area contributed by atoms with Crippen molar-refractivity contribution in [3.05, 3.63) is 86.7 Å². The highest BCUT2D eigenvalue weighted by molar-refractivity contribution is 5.96. The Labute approximate surface area is 191 Å². The minimum Gasteiger partial charge on any atom is -0.497 e. The van der Waals surface area contributed by atoms with Crippen LogP contribution in [-0.4, -0.2) is 27.4 Å². The van der Waals surface area contributed by atoms with Crippen LogP contribution in [0.25, 0.3) is 22.2 Å². The molecule has 2 aromatic carbocycles. The zero-order valence-corrected chi connectivity index (χ0v) is 19.5. The molecule has 0 spiro atoms. The maximum absolute atomic E-state index is 13.5. The zero-order valence-electron chi connectivity index (χ0n) is 19.5. The second kappa shape index (κ2) is 7.49. The normalized spacial score (nSPS) is 17.2. The summed E-state index contributed by atoms with van der Waals surface area (Å²) in [4.78, 5) is 26.5. The van der Waals surface area contributed by atoms with E-state index in [-0.39, 0.29) is 11.2 Å². The van der Waals surface area contributed by atoms with Gasteiger partial charge in [0.05, 0.1) is 41.5 Å². The van der Waals surface area contributed by atoms with Gasteiger partial charge in [0.1, 0.15) is 11.9 Å². The van der Waals surface area contributed by atoms with Crippen molar-refractivity contribution < 1.29 is 9.47 Å². The van der Waals surface area contributed by atoms with Crippen LogP contribution in [0.3, 0.4) is 0 Å². The second-order valence-corrected chi connectivity index (χ2v) is 9.14. The minimum absolute atomic E-state index is 0.307. The lowest BCUT2D eigenvalue weighted by molar-refractivity contribution is -0.00708. The summed E-state index contributed by atoms with van der Waals surface area (Å²) in [6, 6.07) is 17.6. The third-order valence-corrected chi connectivity index (χ3v) is 6.53. The molecule has 0 unspecified atom stereocenters. The van der Waals surface area contributed by atoms with Gasteiger partial charge in [-0.3, -0.25) is 13.9 Å². The number of nitrogens with zero attached hydrogens (tertiary/aromatic N) is 3. The van der Waals surface area contributed by atoms with Crippen molar-refractivity contribution in [1.82, 2.24) is 13.7 Å². The van der Waals surface area contributed by atoms with Crippen molar-refractivity contribution in [3.8, 4) is 17.0 Å². The van der Waals surface area contributed by atoms with E-state index in [1.807, 2.05) is 54.6 Å². The van der Waals surface area contributed by atoms with Crippen LogP contribution in [0.15, 0.2) is 64.2 Å². The lowest BCUT2D eigenvalue weighted by Gasteiger charge is -2.39. The molecular weight excluding hydrogens is 418 g/mol. The second-order valence-electron chi connectivity index (χ2n) is 9.14. The molecule has 0 bridgehead atoms. The largest absolute Gasteiger partial charge is 0.497 e. The molecule has 3 heterocycles. The zero-order chi connectivity index (χ0) is 23.5. The molecule has 7 heteroatoms. The van der Waals surface area contributed by atoms with Crippen molar-refractivity contribution >= 4 is 10.9 Å². The lowest BCUT2D eigenvalue weighted by atomic mass is 9.98. The quantitative estimate of drug-likeness (QED) is 0.484. The van der Waals surface area contributed by atoms with Crippen LogP contribution >= 0.6 is 0 Å². The Morgan fingerprint density at radius 2 is 1.64 bits per heavy atom. The summed E-state index contributed by atoms with van der Waals surface area (Å²) in [6.45, 7) is 4.63. The van der Waals surface area contributed by atoms with Crippen LogP contribution in [0.5, 0.6) is 5.75 Å². The smallest absolute Gasteiger partial charge is 0.331 e. The first-order chi connectivity index (χ1) is 15.8. The number of methoxy groups -OCH3 is 1. The van der Waals surface area contributed by atoms with Crippen LogP contribution in [-0.2, 0) is 24.4 Å². The predicted octanol–water partition coefficient (Wildman–Crippen LogP) is 3.57. The van der Waals surface area contributed by atoms with E-state index in [1.54, 1.807) is 18.7 Å². The standard InChI is InChI=1S/C26H27N3O4/c1-26(2)15-33-23(17-11-13-18(32-5)14-12-17)22-21-19(24(30)28(4)25(31)27(21)3)20(29(22)26)16-9-7-6-8-10-16/h6-14,23H,15H2,1-5H3/t23-/m1/s1. The van der Waals surface area contributed by atoms with Gasteiger partial charge in [0.15, 0.2) is 0 Å². The molecule has 1 aliphatic heterocycles. The minimum atomic E-state index is -0.443. The third kappa shape index (κ3) is 3.07. The third-order valence-electron chi connectivity index (χ3n) is 6.53. The van der Waals surface area contributed by atoms with E-state index in [2.05, 4.69) is 18.4 Å². The number of fused-ring (bicyclic) bond motifs is 3. The van der Waals surface area contributed by atoms with Gasteiger partial charge >= 0.3 is 5.69 Å². The lowest BCUT2D eigenvalue weighted by Crippen LogP contribution is -2.40. The number of aromatic nitrogens is 3. The Balaban J connectivity index is 1.97. The molecule has 0 saturated carbocycles. The van der Waals surface area contributed by atoms with Crippen LogP contribution in [0.1, 0.15) is 31.2 Å². The first-order valence-electron chi connectivity index (χ1n) is 10.9. The van der Waals surface area contributed by atoms with E-state index in [1.165, 1.54) is 11.6 Å². The van der Waals surface area contributed by atoms with Crippen LogP contribution in [0.2, 0.25) is 0 Å². The predicted molar refractivity (Wildman–Crippen MR) is 128 cm³/mol. The van der Waals surface area contributed by atoms with E-state index in [9.17, 15) is 9.59 Å². The van der Waals surface area contributed by atoms with Gasteiger partial charge in [-0.25, -0.2) is 4.79 Å². The number of hydrogen-bond acceptors (Lipinski definition) is 4. The molecule has 1 atom stereocenters. The Kier molecular flexibility index (Phi) is 4.83. The maximum Gasteiger partial charge on any atom is 0.331 e. The van der Waals surface area contributed by atoms with Gasteiger partial charge in [-0.2, -0.15) is 0 Å². The first-order valence-corrected chi connectivity index (χ1v) is 10.9. The summed E-state index contributed by atoms with van der Waals surface area (Å²) >= 11 is 0. The fourth-order valence-corrected chi connectivity index (χ4v) is 4.90. The van der Waals surface area contributed by atoms with Crippen molar-refractivity contribution in [1.29, 1.82) is 0 Å². The topological polar surface area (TPSA) is 67.4 Å². The Morgan fingerprint density at radius 1 is 0.970 bits per heavy atom. The van der Waals surface area contributed by atoms with Gasteiger partial charge in [0.2, 0.25) is 0 Å². The van der Waals surface area contributed by atoms with Gasteiger partial charge in [0, 0.05) is 14.1 Å². The molecule has 0 saturated heterocycles. The number of benzene rings is 2. The molecule has 7 nitrogen and oxygen atoms in total.